The minimum atomic E-state index is 0.220. The number of rotatable bonds is 29. The summed E-state index contributed by atoms with van der Waals surface area (Å²) in [4.78, 5) is 11.1. The molecule has 0 aliphatic rings. The Bertz CT molecular complexity index is 414. The summed E-state index contributed by atoms with van der Waals surface area (Å²) in [5.41, 5.74) is 0. The van der Waals surface area contributed by atoms with Crippen LogP contribution in [0.2, 0.25) is 0 Å². The molecule has 204 valence electrons. The van der Waals surface area contributed by atoms with Gasteiger partial charge in [-0.3, -0.25) is 4.79 Å². The molecule has 10 nitrogen and oxygen atoms in total. The topological polar surface area (TPSA) is 103 Å². The number of Topliss-reactive ketones (excluding diaryl/α,β-unsaturated/α-hetero) is 1. The highest BCUT2D eigenvalue weighted by atomic mass is 16.6. The van der Waals surface area contributed by atoms with Crippen LogP contribution >= 0.6 is 0 Å². The number of carbonyl (C=O) groups is 1. The Labute approximate surface area is 206 Å². The Balaban J connectivity index is 3.03. The number of hydrogen-bond acceptors (Lipinski definition) is 10. The van der Waals surface area contributed by atoms with Gasteiger partial charge in [-0.15, -0.1) is 0 Å². The van der Waals surface area contributed by atoms with Crippen LogP contribution in [0.3, 0.4) is 0 Å². The van der Waals surface area contributed by atoms with Crippen LogP contribution in [-0.2, 0) is 42.7 Å². The summed E-state index contributed by atoms with van der Waals surface area (Å²) < 4.78 is 43.3. The van der Waals surface area contributed by atoms with Crippen LogP contribution in [0.25, 0.3) is 0 Å². The van der Waals surface area contributed by atoms with Gasteiger partial charge in [0, 0.05) is 25.4 Å². The normalized spacial score (nSPS) is 11.5. The third-order valence-corrected chi connectivity index (χ3v) is 4.32. The lowest BCUT2D eigenvalue weighted by Gasteiger charge is -2.09. The molecule has 10 heteroatoms. The predicted molar refractivity (Wildman–Crippen MR) is 130 cm³/mol. The average Bonchev–Trinajstić information content (AvgIpc) is 2.83. The highest BCUT2D eigenvalue weighted by molar-refractivity contribution is 5.78. The number of carbonyl (C=O) groups excluding carboxylic acids is 1. The van der Waals surface area contributed by atoms with Gasteiger partial charge in [-0.2, -0.15) is 0 Å². The molecule has 0 aliphatic heterocycles. The Morgan fingerprint density at radius 3 is 1.12 bits per heavy atom. The van der Waals surface area contributed by atoms with E-state index in [0.717, 1.165) is 6.54 Å². The molecule has 0 radical (unpaired) electrons. The van der Waals surface area contributed by atoms with Gasteiger partial charge >= 0.3 is 0 Å². The van der Waals surface area contributed by atoms with E-state index < -0.39 is 0 Å². The van der Waals surface area contributed by atoms with Crippen LogP contribution in [0.1, 0.15) is 33.6 Å². The minimum Gasteiger partial charge on any atom is -0.379 e. The molecule has 0 aromatic heterocycles. The number of ether oxygens (including phenoxy) is 8. The second-order valence-corrected chi connectivity index (χ2v) is 7.65. The van der Waals surface area contributed by atoms with Crippen molar-refractivity contribution in [3.63, 3.8) is 0 Å². The quantitative estimate of drug-likeness (QED) is 0.154. The predicted octanol–water partition coefficient (Wildman–Crippen LogP) is 1.49. The van der Waals surface area contributed by atoms with Gasteiger partial charge in [0.15, 0.2) is 0 Å². The standard InChI is InChI=1S/C24H49NO9/c1-4-24(26)5-7-27-9-11-29-13-15-31-17-19-33-21-22-34-20-18-32-16-14-30-12-10-28-8-6-25-23(2)3/h23,25H,4-22H2,1-3H3. The molecule has 0 heterocycles. The summed E-state index contributed by atoms with van der Waals surface area (Å²) in [7, 11) is 0. The van der Waals surface area contributed by atoms with Crippen molar-refractivity contribution in [1.29, 1.82) is 0 Å². The highest BCUT2D eigenvalue weighted by Crippen LogP contribution is 1.90. The van der Waals surface area contributed by atoms with E-state index >= 15 is 0 Å². The summed E-state index contributed by atoms with van der Waals surface area (Å²) in [5.74, 6) is 0.220. The zero-order chi connectivity index (χ0) is 25.0. The molecule has 0 aromatic rings. The Morgan fingerprint density at radius 1 is 0.529 bits per heavy atom. The van der Waals surface area contributed by atoms with Crippen LogP contribution in [0.4, 0.5) is 0 Å². The van der Waals surface area contributed by atoms with Gasteiger partial charge in [-0.25, -0.2) is 0 Å². The molecule has 0 fully saturated rings. The van der Waals surface area contributed by atoms with Crippen LogP contribution in [0, 0.1) is 0 Å². The average molecular weight is 496 g/mol. The van der Waals surface area contributed by atoms with Crippen LogP contribution in [-0.4, -0.2) is 124 Å². The molecule has 0 spiro atoms. The maximum atomic E-state index is 11.1. The molecule has 0 unspecified atom stereocenters. The van der Waals surface area contributed by atoms with E-state index in [0.29, 0.717) is 125 Å². The summed E-state index contributed by atoms with van der Waals surface area (Å²) in [6.45, 7) is 15.5. The van der Waals surface area contributed by atoms with Crippen molar-refractivity contribution in [3.8, 4) is 0 Å². The Kier molecular flexibility index (Phi) is 28.0. The molecule has 0 amide bonds. The van der Waals surface area contributed by atoms with Gasteiger partial charge in [-0.05, 0) is 0 Å². The maximum absolute atomic E-state index is 11.1. The van der Waals surface area contributed by atoms with Crippen molar-refractivity contribution >= 4 is 5.78 Å². The van der Waals surface area contributed by atoms with E-state index in [1.54, 1.807) is 0 Å². The lowest BCUT2D eigenvalue weighted by Crippen LogP contribution is -2.27. The van der Waals surface area contributed by atoms with Crippen molar-refractivity contribution in [3.05, 3.63) is 0 Å². The van der Waals surface area contributed by atoms with Crippen molar-refractivity contribution < 1.29 is 42.7 Å². The second kappa shape index (κ2) is 28.5. The van der Waals surface area contributed by atoms with Gasteiger partial charge in [0.05, 0.1) is 106 Å². The third-order valence-electron chi connectivity index (χ3n) is 4.32. The first kappa shape index (κ1) is 33.3. The molecule has 0 aliphatic carbocycles. The summed E-state index contributed by atoms with van der Waals surface area (Å²) in [5, 5.41) is 3.29. The molecule has 0 bridgehead atoms. The number of hydrogen-bond donors (Lipinski definition) is 1. The molecule has 1 N–H and O–H groups in total. The van der Waals surface area contributed by atoms with E-state index in [1.807, 2.05) is 6.92 Å². The fourth-order valence-electron chi connectivity index (χ4n) is 2.42. The zero-order valence-electron chi connectivity index (χ0n) is 21.7. The molecule has 0 saturated carbocycles. The zero-order valence-corrected chi connectivity index (χ0v) is 21.7. The molecule has 0 atom stereocenters. The van der Waals surface area contributed by atoms with Crippen LogP contribution < -0.4 is 5.32 Å². The summed E-state index contributed by atoms with van der Waals surface area (Å²) >= 11 is 0. The largest absolute Gasteiger partial charge is 0.379 e. The lowest BCUT2D eigenvalue weighted by atomic mass is 10.2. The first-order valence-electron chi connectivity index (χ1n) is 12.5. The molecule has 0 rings (SSSR count). The first-order chi connectivity index (χ1) is 16.7. The van der Waals surface area contributed by atoms with E-state index in [1.165, 1.54) is 0 Å². The van der Waals surface area contributed by atoms with Crippen molar-refractivity contribution in [2.75, 3.05) is 112 Å². The van der Waals surface area contributed by atoms with Crippen LogP contribution in [0.5, 0.6) is 0 Å². The highest BCUT2D eigenvalue weighted by Gasteiger charge is 1.98. The first-order valence-corrected chi connectivity index (χ1v) is 12.5. The minimum absolute atomic E-state index is 0.220. The van der Waals surface area contributed by atoms with E-state index in [4.69, 9.17) is 37.9 Å². The lowest BCUT2D eigenvalue weighted by molar-refractivity contribution is -0.120. The molecule has 0 aromatic carbocycles. The van der Waals surface area contributed by atoms with Gasteiger partial charge in [-0.1, -0.05) is 20.8 Å². The van der Waals surface area contributed by atoms with Crippen molar-refractivity contribution in [1.82, 2.24) is 5.32 Å². The smallest absolute Gasteiger partial charge is 0.134 e. The van der Waals surface area contributed by atoms with E-state index in [9.17, 15) is 4.79 Å². The molecule has 34 heavy (non-hydrogen) atoms. The maximum Gasteiger partial charge on any atom is 0.134 e. The van der Waals surface area contributed by atoms with Crippen molar-refractivity contribution in [2.24, 2.45) is 0 Å². The van der Waals surface area contributed by atoms with Gasteiger partial charge in [0.1, 0.15) is 5.78 Å². The van der Waals surface area contributed by atoms with Gasteiger partial charge in [0.25, 0.3) is 0 Å². The third kappa shape index (κ3) is 29.3. The number of nitrogens with one attached hydrogen (secondary N) is 1. The van der Waals surface area contributed by atoms with Crippen molar-refractivity contribution in [2.45, 2.75) is 39.7 Å². The summed E-state index contributed by atoms with van der Waals surface area (Å²) in [6.07, 6.45) is 1.04. The molecular formula is C24H49NO9. The SMILES string of the molecule is CCC(=O)CCOCCOCCOCCOCCOCCOCCOCCOCCNC(C)C. The van der Waals surface area contributed by atoms with Gasteiger partial charge in [0.2, 0.25) is 0 Å². The second-order valence-electron chi connectivity index (χ2n) is 7.65. The van der Waals surface area contributed by atoms with Crippen LogP contribution in [0.15, 0.2) is 0 Å². The summed E-state index contributed by atoms with van der Waals surface area (Å²) in [6, 6.07) is 0.484. The monoisotopic (exact) mass is 495 g/mol. The number of ketones is 1. The fourth-order valence-corrected chi connectivity index (χ4v) is 2.42. The van der Waals surface area contributed by atoms with E-state index in [-0.39, 0.29) is 5.78 Å². The Morgan fingerprint density at radius 2 is 0.824 bits per heavy atom. The molecular weight excluding hydrogens is 446 g/mol. The Hall–Kier alpha value is -0.690. The van der Waals surface area contributed by atoms with E-state index in [2.05, 4.69) is 19.2 Å². The molecule has 0 saturated heterocycles. The fraction of sp³-hybridized carbons (Fsp3) is 0.958. The van der Waals surface area contributed by atoms with Gasteiger partial charge < -0.3 is 43.2 Å².